The molecule has 0 spiro atoms. The number of piperidine rings is 1. The molecule has 1 unspecified atom stereocenters. The van der Waals surface area contributed by atoms with Crippen LogP contribution in [0.15, 0.2) is 30.3 Å². The molecule has 24 heavy (non-hydrogen) atoms. The average molecular weight is 325 g/mol. The van der Waals surface area contributed by atoms with Crippen molar-refractivity contribution in [1.29, 1.82) is 0 Å². The smallest absolute Gasteiger partial charge is 0.156 e. The van der Waals surface area contributed by atoms with Gasteiger partial charge in [-0.25, -0.2) is 0 Å². The van der Waals surface area contributed by atoms with E-state index in [0.29, 0.717) is 0 Å². The summed E-state index contributed by atoms with van der Waals surface area (Å²) in [6.07, 6.45) is 9.45. The first kappa shape index (κ1) is 17.5. The third kappa shape index (κ3) is 3.39. The van der Waals surface area contributed by atoms with E-state index in [-0.39, 0.29) is 5.41 Å². The van der Waals surface area contributed by atoms with E-state index in [2.05, 4.69) is 23.7 Å². The van der Waals surface area contributed by atoms with Gasteiger partial charge in [0.15, 0.2) is 5.60 Å². The predicted molar refractivity (Wildman–Crippen MR) is 99.6 cm³/mol. The van der Waals surface area contributed by atoms with Crippen LogP contribution < -0.4 is 0 Å². The second kappa shape index (κ2) is 7.72. The Morgan fingerprint density at radius 1 is 1.04 bits per heavy atom. The zero-order valence-corrected chi connectivity index (χ0v) is 15.1. The molecule has 1 aliphatic heterocycles. The molecule has 130 valence electrons. The average Bonchev–Trinajstić information content (AvgIpc) is 3.14. The fourth-order valence-corrected chi connectivity index (χ4v) is 4.61. The molecule has 1 aromatic carbocycles. The number of hydrogen-bond donors (Lipinski definition) is 1. The first-order chi connectivity index (χ1) is 11.7. The minimum atomic E-state index is -1.02. The summed E-state index contributed by atoms with van der Waals surface area (Å²) in [5.74, 6) is 6.71. The van der Waals surface area contributed by atoms with Crippen molar-refractivity contribution in [3.05, 3.63) is 35.9 Å². The van der Waals surface area contributed by atoms with Crippen LogP contribution in [-0.2, 0) is 5.60 Å². The van der Waals surface area contributed by atoms with Gasteiger partial charge in [0.2, 0.25) is 0 Å². The Morgan fingerprint density at radius 3 is 2.33 bits per heavy atom. The van der Waals surface area contributed by atoms with Gasteiger partial charge in [-0.1, -0.05) is 68.4 Å². The van der Waals surface area contributed by atoms with Crippen LogP contribution in [0.2, 0.25) is 0 Å². The van der Waals surface area contributed by atoms with Gasteiger partial charge in [-0.15, -0.1) is 0 Å². The van der Waals surface area contributed by atoms with Crippen LogP contribution in [0.25, 0.3) is 0 Å². The van der Waals surface area contributed by atoms with Crippen molar-refractivity contribution < 1.29 is 5.11 Å². The number of rotatable bonds is 4. The highest BCUT2D eigenvalue weighted by Gasteiger charge is 2.50. The lowest BCUT2D eigenvalue weighted by Crippen LogP contribution is -2.43. The van der Waals surface area contributed by atoms with Gasteiger partial charge in [-0.3, -0.25) is 4.90 Å². The summed E-state index contributed by atoms with van der Waals surface area (Å²) in [6.45, 7) is 5.30. The van der Waals surface area contributed by atoms with Crippen LogP contribution in [0.5, 0.6) is 0 Å². The largest absolute Gasteiger partial charge is 0.373 e. The van der Waals surface area contributed by atoms with E-state index >= 15 is 0 Å². The SMILES string of the molecule is CCC1(C(O)(C#CCN2CCCCC2)c2ccccc2)CCCC1. The van der Waals surface area contributed by atoms with E-state index in [1.165, 1.54) is 32.1 Å². The van der Waals surface area contributed by atoms with E-state index in [9.17, 15) is 5.11 Å². The molecule has 3 rings (SSSR count). The topological polar surface area (TPSA) is 23.5 Å². The van der Waals surface area contributed by atoms with Gasteiger partial charge in [-0.2, -0.15) is 0 Å². The molecule has 2 aliphatic rings. The van der Waals surface area contributed by atoms with Gasteiger partial charge >= 0.3 is 0 Å². The third-order valence-electron chi connectivity index (χ3n) is 6.22. The lowest BCUT2D eigenvalue weighted by atomic mass is 9.65. The second-order valence-corrected chi connectivity index (χ2v) is 7.56. The maximum absolute atomic E-state index is 11.8. The first-order valence-corrected chi connectivity index (χ1v) is 9.70. The normalized spacial score (nSPS) is 23.2. The van der Waals surface area contributed by atoms with Gasteiger partial charge in [0, 0.05) is 5.41 Å². The molecule has 0 aromatic heterocycles. The van der Waals surface area contributed by atoms with E-state index in [1.807, 2.05) is 30.3 Å². The molecular formula is C22H31NO. The first-order valence-electron chi connectivity index (χ1n) is 9.70. The Hall–Kier alpha value is -1.30. The van der Waals surface area contributed by atoms with Crippen molar-refractivity contribution in [3.8, 4) is 11.8 Å². The van der Waals surface area contributed by atoms with Crippen LogP contribution in [0.1, 0.15) is 63.9 Å². The van der Waals surface area contributed by atoms with Gasteiger partial charge in [0.05, 0.1) is 6.54 Å². The maximum atomic E-state index is 11.8. The highest BCUT2D eigenvalue weighted by molar-refractivity contribution is 5.36. The van der Waals surface area contributed by atoms with Gasteiger partial charge in [-0.05, 0) is 50.8 Å². The summed E-state index contributed by atoms with van der Waals surface area (Å²) in [7, 11) is 0. The molecule has 1 atom stereocenters. The summed E-state index contributed by atoms with van der Waals surface area (Å²) in [4.78, 5) is 2.43. The molecule has 2 nitrogen and oxygen atoms in total. The molecule has 2 fully saturated rings. The number of benzene rings is 1. The highest BCUT2D eigenvalue weighted by atomic mass is 16.3. The van der Waals surface area contributed by atoms with Crippen LogP contribution in [0.3, 0.4) is 0 Å². The Bertz CT molecular complexity index is 573. The minimum absolute atomic E-state index is 0.0940. The standard InChI is InChI=1S/C22H31NO/c1-2-21(14-7-8-15-21)22(24,20-12-5-3-6-13-20)16-11-19-23-17-9-4-10-18-23/h3,5-6,12-13,24H,2,4,7-10,14-15,17-19H2,1H3. The fourth-order valence-electron chi connectivity index (χ4n) is 4.61. The predicted octanol–water partition coefficient (Wildman–Crippen LogP) is 4.33. The number of likely N-dealkylation sites (tertiary alicyclic amines) is 1. The lowest BCUT2D eigenvalue weighted by molar-refractivity contribution is -0.0422. The molecule has 1 heterocycles. The Balaban J connectivity index is 1.88. The van der Waals surface area contributed by atoms with E-state index < -0.39 is 5.60 Å². The Labute approximate surface area is 147 Å². The van der Waals surface area contributed by atoms with Crippen LogP contribution in [0.4, 0.5) is 0 Å². The summed E-state index contributed by atoms with van der Waals surface area (Å²) in [6, 6.07) is 10.1. The molecule has 1 saturated carbocycles. The minimum Gasteiger partial charge on any atom is -0.373 e. The Morgan fingerprint density at radius 2 is 1.71 bits per heavy atom. The van der Waals surface area contributed by atoms with Gasteiger partial charge in [0.1, 0.15) is 0 Å². The molecular weight excluding hydrogens is 294 g/mol. The summed E-state index contributed by atoms with van der Waals surface area (Å²) in [5.41, 5.74) is -0.140. The van der Waals surface area contributed by atoms with E-state index in [1.54, 1.807) is 0 Å². The maximum Gasteiger partial charge on any atom is 0.156 e. The molecule has 1 N–H and O–H groups in total. The zero-order valence-electron chi connectivity index (χ0n) is 15.1. The Kier molecular flexibility index (Phi) is 5.64. The van der Waals surface area contributed by atoms with Crippen molar-refractivity contribution in [2.24, 2.45) is 5.41 Å². The highest BCUT2D eigenvalue weighted by Crippen LogP contribution is 2.53. The summed E-state index contributed by atoms with van der Waals surface area (Å²) >= 11 is 0. The molecule has 0 radical (unpaired) electrons. The summed E-state index contributed by atoms with van der Waals surface area (Å²) in [5, 5.41) is 11.8. The zero-order chi connectivity index (χ0) is 16.9. The van der Waals surface area contributed by atoms with Gasteiger partial charge in [0.25, 0.3) is 0 Å². The van der Waals surface area contributed by atoms with Crippen molar-refractivity contribution in [3.63, 3.8) is 0 Å². The number of aliphatic hydroxyl groups is 1. The fraction of sp³-hybridized carbons (Fsp3) is 0.636. The van der Waals surface area contributed by atoms with Crippen molar-refractivity contribution in [2.45, 2.75) is 63.9 Å². The number of hydrogen-bond acceptors (Lipinski definition) is 2. The molecule has 0 bridgehead atoms. The third-order valence-corrected chi connectivity index (χ3v) is 6.22. The molecule has 1 saturated heterocycles. The number of nitrogens with zero attached hydrogens (tertiary/aromatic N) is 1. The second-order valence-electron chi connectivity index (χ2n) is 7.56. The van der Waals surface area contributed by atoms with Crippen LogP contribution in [0, 0.1) is 17.3 Å². The van der Waals surface area contributed by atoms with Crippen molar-refractivity contribution >= 4 is 0 Å². The quantitative estimate of drug-likeness (QED) is 0.833. The summed E-state index contributed by atoms with van der Waals surface area (Å²) < 4.78 is 0. The van der Waals surface area contributed by atoms with E-state index in [0.717, 1.165) is 44.5 Å². The van der Waals surface area contributed by atoms with E-state index in [4.69, 9.17) is 0 Å². The van der Waals surface area contributed by atoms with Crippen molar-refractivity contribution in [2.75, 3.05) is 19.6 Å². The monoisotopic (exact) mass is 325 g/mol. The van der Waals surface area contributed by atoms with Gasteiger partial charge < -0.3 is 5.11 Å². The molecule has 0 amide bonds. The van der Waals surface area contributed by atoms with Crippen LogP contribution >= 0.6 is 0 Å². The molecule has 1 aliphatic carbocycles. The molecule has 2 heteroatoms. The van der Waals surface area contributed by atoms with Crippen molar-refractivity contribution in [1.82, 2.24) is 4.90 Å². The molecule has 1 aromatic rings. The van der Waals surface area contributed by atoms with Crippen LogP contribution in [-0.4, -0.2) is 29.6 Å². The lowest BCUT2D eigenvalue weighted by Gasteiger charge is -2.42.